The molecule has 0 amide bonds. The van der Waals surface area contributed by atoms with E-state index >= 15 is 0 Å². The molecule has 0 aliphatic rings. The molecule has 0 saturated heterocycles. The summed E-state index contributed by atoms with van der Waals surface area (Å²) < 4.78 is 56.9. The van der Waals surface area contributed by atoms with E-state index in [1.807, 2.05) is 0 Å². The summed E-state index contributed by atoms with van der Waals surface area (Å²) in [6.45, 7) is -0.607. The minimum absolute atomic E-state index is 0.0871. The number of nitrogens with one attached hydrogen (secondary N) is 1. The number of hydrogen-bond acceptors (Lipinski definition) is 4. The van der Waals surface area contributed by atoms with E-state index in [0.717, 1.165) is 6.07 Å². The second kappa shape index (κ2) is 6.71. The Labute approximate surface area is 117 Å². The Morgan fingerprint density at radius 1 is 1.47 bits per heavy atom. The Kier molecular flexibility index (Phi) is 5.81. The minimum Gasteiger partial charge on any atom is -0.395 e. The predicted octanol–water partition coefficient (Wildman–Crippen LogP) is 1.01. The predicted molar refractivity (Wildman–Crippen MR) is 67.1 cm³/mol. The number of rotatable bonds is 6. The Balaban J connectivity index is 3.14. The maximum Gasteiger partial charge on any atom is 0.245 e. The molecule has 0 radical (unpaired) electrons. The number of halogens is 3. The summed E-state index contributed by atoms with van der Waals surface area (Å²) in [6, 6.07) is 0.372. The van der Waals surface area contributed by atoms with Crippen molar-refractivity contribution in [1.82, 2.24) is 4.72 Å². The van der Waals surface area contributed by atoms with Gasteiger partial charge >= 0.3 is 0 Å². The number of aliphatic hydroxyl groups is 1. The molecule has 0 aliphatic heterocycles. The quantitative estimate of drug-likeness (QED) is 0.794. The van der Waals surface area contributed by atoms with Gasteiger partial charge in [0.25, 0.3) is 0 Å². The fourth-order valence-electron chi connectivity index (χ4n) is 1.39. The molecular weight excluding hydrogens is 348 g/mol. The minimum atomic E-state index is -4.25. The van der Waals surface area contributed by atoms with Crippen LogP contribution in [0.1, 0.15) is 0 Å². The van der Waals surface area contributed by atoms with Crippen LogP contribution in [0.2, 0.25) is 0 Å². The van der Waals surface area contributed by atoms with E-state index in [4.69, 9.17) is 9.84 Å². The van der Waals surface area contributed by atoms with Gasteiger partial charge in [0.15, 0.2) is 0 Å². The van der Waals surface area contributed by atoms with Gasteiger partial charge in [0.05, 0.1) is 19.3 Å². The van der Waals surface area contributed by atoms with Gasteiger partial charge in [0.2, 0.25) is 10.0 Å². The molecule has 9 heteroatoms. The van der Waals surface area contributed by atoms with E-state index in [1.54, 1.807) is 0 Å². The molecule has 0 spiro atoms. The third-order valence-corrected chi connectivity index (χ3v) is 4.63. The van der Waals surface area contributed by atoms with Crippen molar-refractivity contribution < 1.29 is 27.0 Å². The number of benzene rings is 1. The van der Waals surface area contributed by atoms with E-state index in [2.05, 4.69) is 20.7 Å². The zero-order valence-corrected chi connectivity index (χ0v) is 12.3. The molecule has 0 bridgehead atoms. The van der Waals surface area contributed by atoms with Crippen LogP contribution in [0.5, 0.6) is 0 Å². The lowest BCUT2D eigenvalue weighted by atomic mass is 10.3. The molecule has 0 aliphatic carbocycles. The van der Waals surface area contributed by atoms with Crippen LogP contribution in [0.4, 0.5) is 8.78 Å². The molecule has 19 heavy (non-hydrogen) atoms. The van der Waals surface area contributed by atoms with Crippen molar-refractivity contribution >= 4 is 26.0 Å². The lowest BCUT2D eigenvalue weighted by Gasteiger charge is -2.16. The van der Waals surface area contributed by atoms with E-state index < -0.39 is 39.2 Å². The summed E-state index contributed by atoms with van der Waals surface area (Å²) in [5, 5.41) is 8.98. The lowest BCUT2D eigenvalue weighted by molar-refractivity contribution is 0.139. The zero-order valence-electron chi connectivity index (χ0n) is 9.86. The topological polar surface area (TPSA) is 75.6 Å². The summed E-state index contributed by atoms with van der Waals surface area (Å²) in [5.74, 6) is -2.13. The van der Waals surface area contributed by atoms with Gasteiger partial charge in [0.1, 0.15) is 16.5 Å². The Morgan fingerprint density at radius 3 is 2.58 bits per heavy atom. The summed E-state index contributed by atoms with van der Waals surface area (Å²) in [5.41, 5.74) is 0. The average molecular weight is 360 g/mol. The molecule has 108 valence electrons. The van der Waals surface area contributed by atoms with Crippen LogP contribution in [-0.4, -0.2) is 39.9 Å². The van der Waals surface area contributed by atoms with Gasteiger partial charge in [-0.2, -0.15) is 0 Å². The standard InChI is InChI=1S/C10H12BrF2NO4S/c1-18-5-7(4-15)14-19(16,17)10-8(11)2-6(12)3-9(10)13/h2-3,7,14-15H,4-5H2,1H3. The highest BCUT2D eigenvalue weighted by atomic mass is 79.9. The largest absolute Gasteiger partial charge is 0.395 e. The summed E-state index contributed by atoms with van der Waals surface area (Å²) in [4.78, 5) is -0.719. The van der Waals surface area contributed by atoms with Crippen molar-refractivity contribution in [3.63, 3.8) is 0 Å². The van der Waals surface area contributed by atoms with E-state index in [1.165, 1.54) is 7.11 Å². The van der Waals surface area contributed by atoms with Crippen LogP contribution in [0, 0.1) is 11.6 Å². The second-order valence-electron chi connectivity index (χ2n) is 3.65. The molecular formula is C10H12BrF2NO4S. The molecule has 1 aromatic carbocycles. The smallest absolute Gasteiger partial charge is 0.245 e. The van der Waals surface area contributed by atoms with Gasteiger partial charge in [-0.15, -0.1) is 0 Å². The Morgan fingerprint density at radius 2 is 2.11 bits per heavy atom. The first-order valence-corrected chi connectivity index (χ1v) is 7.36. The molecule has 0 heterocycles. The van der Waals surface area contributed by atoms with Crippen LogP contribution in [-0.2, 0) is 14.8 Å². The number of ether oxygens (including phenoxy) is 1. The van der Waals surface area contributed by atoms with Crippen LogP contribution in [0.3, 0.4) is 0 Å². The molecule has 2 N–H and O–H groups in total. The van der Waals surface area contributed by atoms with Crippen molar-refractivity contribution in [1.29, 1.82) is 0 Å². The van der Waals surface area contributed by atoms with Crippen molar-refractivity contribution in [2.75, 3.05) is 20.3 Å². The number of sulfonamides is 1. The van der Waals surface area contributed by atoms with Gasteiger partial charge in [-0.05, 0) is 22.0 Å². The highest BCUT2D eigenvalue weighted by molar-refractivity contribution is 9.10. The van der Waals surface area contributed by atoms with E-state index in [0.29, 0.717) is 6.07 Å². The van der Waals surface area contributed by atoms with E-state index in [9.17, 15) is 17.2 Å². The average Bonchev–Trinajstić information content (AvgIpc) is 2.25. The third-order valence-electron chi connectivity index (χ3n) is 2.14. The van der Waals surface area contributed by atoms with Gasteiger partial charge in [0, 0.05) is 17.6 Å². The van der Waals surface area contributed by atoms with Gasteiger partial charge in [-0.3, -0.25) is 0 Å². The monoisotopic (exact) mass is 359 g/mol. The normalized spacial score (nSPS) is 13.5. The molecule has 1 atom stereocenters. The molecule has 1 aromatic rings. The Hall–Kier alpha value is -0.610. The molecule has 0 aromatic heterocycles. The molecule has 0 fully saturated rings. The molecule has 1 rings (SSSR count). The van der Waals surface area contributed by atoms with Crippen molar-refractivity contribution in [2.24, 2.45) is 0 Å². The molecule has 5 nitrogen and oxygen atoms in total. The SMILES string of the molecule is COCC(CO)NS(=O)(=O)c1c(F)cc(F)cc1Br. The number of hydrogen-bond donors (Lipinski definition) is 2. The van der Waals surface area contributed by atoms with Crippen LogP contribution < -0.4 is 4.72 Å². The van der Waals surface area contributed by atoms with Gasteiger partial charge in [-0.25, -0.2) is 21.9 Å². The van der Waals surface area contributed by atoms with Crippen molar-refractivity contribution in [3.05, 3.63) is 28.2 Å². The zero-order chi connectivity index (χ0) is 14.6. The van der Waals surface area contributed by atoms with Crippen LogP contribution in [0.15, 0.2) is 21.5 Å². The first-order chi connectivity index (χ1) is 8.81. The number of aliphatic hydroxyl groups excluding tert-OH is 1. The fraction of sp³-hybridized carbons (Fsp3) is 0.400. The van der Waals surface area contributed by atoms with Crippen molar-refractivity contribution in [2.45, 2.75) is 10.9 Å². The Bertz CT molecular complexity index is 529. The highest BCUT2D eigenvalue weighted by Crippen LogP contribution is 2.26. The maximum absolute atomic E-state index is 13.6. The third kappa shape index (κ3) is 4.18. The number of methoxy groups -OCH3 is 1. The van der Waals surface area contributed by atoms with Crippen molar-refractivity contribution in [3.8, 4) is 0 Å². The second-order valence-corrected chi connectivity index (χ2v) is 6.16. The van der Waals surface area contributed by atoms with Crippen LogP contribution in [0.25, 0.3) is 0 Å². The first kappa shape index (κ1) is 16.4. The molecule has 1 unspecified atom stereocenters. The fourth-order valence-corrected chi connectivity index (χ4v) is 3.77. The first-order valence-electron chi connectivity index (χ1n) is 5.08. The lowest BCUT2D eigenvalue weighted by Crippen LogP contribution is -2.41. The highest BCUT2D eigenvalue weighted by Gasteiger charge is 2.26. The summed E-state index contributed by atoms with van der Waals surface area (Å²) >= 11 is 2.79. The summed E-state index contributed by atoms with van der Waals surface area (Å²) in [7, 11) is -2.93. The van der Waals surface area contributed by atoms with Gasteiger partial charge < -0.3 is 9.84 Å². The maximum atomic E-state index is 13.6. The van der Waals surface area contributed by atoms with Gasteiger partial charge in [-0.1, -0.05) is 0 Å². The van der Waals surface area contributed by atoms with E-state index in [-0.39, 0.29) is 11.1 Å². The van der Waals surface area contributed by atoms with Crippen LogP contribution >= 0.6 is 15.9 Å². The summed E-state index contributed by atoms with van der Waals surface area (Å²) in [6.07, 6.45) is 0. The molecule has 0 saturated carbocycles.